The van der Waals surface area contributed by atoms with Gasteiger partial charge in [-0.05, 0) is 47.9 Å². The molecule has 5 heteroatoms. The molecule has 1 heterocycles. The summed E-state index contributed by atoms with van der Waals surface area (Å²) in [6, 6.07) is 26.9. The fraction of sp³-hybridized carbons (Fsp3) is 0.0800. The van der Waals surface area contributed by atoms with Crippen molar-refractivity contribution >= 4 is 5.91 Å². The van der Waals surface area contributed by atoms with Crippen LogP contribution in [0.15, 0.2) is 91.3 Å². The monoisotopic (exact) mass is 392 g/mol. The second kappa shape index (κ2) is 8.89. The molecule has 0 aliphatic heterocycles. The van der Waals surface area contributed by atoms with Crippen molar-refractivity contribution in [1.82, 2.24) is 15.1 Å². The summed E-state index contributed by atoms with van der Waals surface area (Å²) in [7, 11) is 0. The molecule has 0 aliphatic carbocycles. The van der Waals surface area contributed by atoms with Crippen LogP contribution in [0.3, 0.4) is 0 Å². The van der Waals surface area contributed by atoms with E-state index in [2.05, 4.69) is 16.5 Å². The van der Waals surface area contributed by atoms with Crippen LogP contribution in [-0.4, -0.2) is 22.2 Å². The Morgan fingerprint density at radius 2 is 1.67 bits per heavy atom. The van der Waals surface area contributed by atoms with Crippen molar-refractivity contribution in [2.45, 2.75) is 6.42 Å². The van der Waals surface area contributed by atoms with Crippen LogP contribution in [0, 0.1) is 11.3 Å². The van der Waals surface area contributed by atoms with Gasteiger partial charge in [0.1, 0.15) is 0 Å². The highest BCUT2D eigenvalue weighted by Gasteiger charge is 2.14. The van der Waals surface area contributed by atoms with E-state index in [1.165, 1.54) is 0 Å². The molecule has 0 saturated heterocycles. The first kappa shape index (κ1) is 19.2. The summed E-state index contributed by atoms with van der Waals surface area (Å²) in [6.45, 7) is 0.522. The van der Waals surface area contributed by atoms with E-state index in [1.54, 1.807) is 18.3 Å². The van der Waals surface area contributed by atoms with Crippen molar-refractivity contribution < 1.29 is 4.79 Å². The Labute approximate surface area is 175 Å². The van der Waals surface area contributed by atoms with Crippen molar-refractivity contribution in [3.05, 3.63) is 108 Å². The zero-order valence-electron chi connectivity index (χ0n) is 16.3. The Hall–Kier alpha value is -4.17. The number of nitrogens with zero attached hydrogens (tertiary/aromatic N) is 3. The summed E-state index contributed by atoms with van der Waals surface area (Å²) >= 11 is 0. The fourth-order valence-corrected chi connectivity index (χ4v) is 3.38. The second-order valence-corrected chi connectivity index (χ2v) is 6.83. The first-order valence-corrected chi connectivity index (χ1v) is 9.72. The van der Waals surface area contributed by atoms with Gasteiger partial charge in [0.05, 0.1) is 17.3 Å². The number of aromatic nitrogens is 2. The van der Waals surface area contributed by atoms with Crippen LogP contribution in [0.1, 0.15) is 21.5 Å². The van der Waals surface area contributed by atoms with E-state index in [4.69, 9.17) is 0 Å². The molecule has 1 aromatic heterocycles. The normalized spacial score (nSPS) is 10.4. The quantitative estimate of drug-likeness (QED) is 0.529. The number of hydrogen-bond donors (Lipinski definition) is 1. The van der Waals surface area contributed by atoms with Gasteiger partial charge in [-0.1, -0.05) is 48.5 Å². The summed E-state index contributed by atoms with van der Waals surface area (Å²) in [4.78, 5) is 12.8. The van der Waals surface area contributed by atoms with Gasteiger partial charge in [0, 0.05) is 30.1 Å². The van der Waals surface area contributed by atoms with Crippen LogP contribution < -0.4 is 5.32 Å². The zero-order valence-corrected chi connectivity index (χ0v) is 16.3. The summed E-state index contributed by atoms with van der Waals surface area (Å²) in [5.74, 6) is -0.147. The minimum absolute atomic E-state index is 0.147. The van der Waals surface area contributed by atoms with E-state index in [1.807, 2.05) is 77.6 Å². The van der Waals surface area contributed by atoms with Crippen LogP contribution >= 0.6 is 0 Å². The van der Waals surface area contributed by atoms with Crippen molar-refractivity contribution in [3.8, 4) is 22.9 Å². The maximum atomic E-state index is 12.8. The molecular formula is C25H20N4O. The Kier molecular flexibility index (Phi) is 5.68. The molecule has 1 amide bonds. The van der Waals surface area contributed by atoms with Gasteiger partial charge in [-0.25, -0.2) is 4.68 Å². The molecule has 0 saturated carbocycles. The van der Waals surface area contributed by atoms with Gasteiger partial charge in [-0.2, -0.15) is 10.4 Å². The van der Waals surface area contributed by atoms with Gasteiger partial charge < -0.3 is 5.32 Å². The largest absolute Gasteiger partial charge is 0.352 e. The van der Waals surface area contributed by atoms with E-state index in [0.29, 0.717) is 17.7 Å². The van der Waals surface area contributed by atoms with E-state index < -0.39 is 0 Å². The molecule has 0 radical (unpaired) electrons. The maximum Gasteiger partial charge on any atom is 0.251 e. The number of nitriles is 1. The van der Waals surface area contributed by atoms with Gasteiger partial charge in [-0.3, -0.25) is 4.79 Å². The second-order valence-electron chi connectivity index (χ2n) is 6.83. The summed E-state index contributed by atoms with van der Waals surface area (Å²) in [6.07, 6.45) is 4.37. The molecule has 0 unspecified atom stereocenters. The lowest BCUT2D eigenvalue weighted by atomic mass is 9.95. The SMILES string of the molecule is N#Cc1ccccc1-c1ccccc1C(=O)NCCc1ccc(-n2cccn2)cc1. The predicted molar refractivity (Wildman–Crippen MR) is 116 cm³/mol. The minimum atomic E-state index is -0.147. The lowest BCUT2D eigenvalue weighted by molar-refractivity contribution is 0.0955. The molecule has 5 nitrogen and oxygen atoms in total. The van der Waals surface area contributed by atoms with E-state index in [-0.39, 0.29) is 5.91 Å². The number of nitrogens with one attached hydrogen (secondary N) is 1. The van der Waals surface area contributed by atoms with Gasteiger partial charge in [-0.15, -0.1) is 0 Å². The van der Waals surface area contributed by atoms with Crippen LogP contribution in [0.4, 0.5) is 0 Å². The van der Waals surface area contributed by atoms with Gasteiger partial charge in [0.2, 0.25) is 0 Å². The van der Waals surface area contributed by atoms with Crippen molar-refractivity contribution in [2.75, 3.05) is 6.54 Å². The van der Waals surface area contributed by atoms with Gasteiger partial charge in [0.15, 0.2) is 0 Å². The molecule has 4 rings (SSSR count). The lowest BCUT2D eigenvalue weighted by Crippen LogP contribution is -2.26. The molecule has 1 N–H and O–H groups in total. The fourth-order valence-electron chi connectivity index (χ4n) is 3.38. The van der Waals surface area contributed by atoms with Crippen LogP contribution in [0.5, 0.6) is 0 Å². The smallest absolute Gasteiger partial charge is 0.251 e. The third-order valence-corrected chi connectivity index (χ3v) is 4.91. The molecule has 0 fully saturated rings. The van der Waals surface area contributed by atoms with Crippen LogP contribution in [0.2, 0.25) is 0 Å². The minimum Gasteiger partial charge on any atom is -0.352 e. The third-order valence-electron chi connectivity index (χ3n) is 4.91. The third kappa shape index (κ3) is 4.13. The van der Waals surface area contributed by atoms with E-state index >= 15 is 0 Å². The van der Waals surface area contributed by atoms with Crippen molar-refractivity contribution in [1.29, 1.82) is 5.26 Å². The molecule has 146 valence electrons. The Morgan fingerprint density at radius 1 is 0.933 bits per heavy atom. The zero-order chi connectivity index (χ0) is 20.8. The molecule has 0 bridgehead atoms. The number of carbonyl (C=O) groups is 1. The molecule has 0 aliphatic rings. The highest BCUT2D eigenvalue weighted by atomic mass is 16.1. The Morgan fingerprint density at radius 3 is 2.40 bits per heavy atom. The molecular weight excluding hydrogens is 372 g/mol. The Bertz CT molecular complexity index is 1190. The molecule has 3 aromatic carbocycles. The topological polar surface area (TPSA) is 70.7 Å². The van der Waals surface area contributed by atoms with Crippen molar-refractivity contribution in [3.63, 3.8) is 0 Å². The number of rotatable bonds is 6. The number of carbonyl (C=O) groups excluding carboxylic acids is 1. The first-order valence-electron chi connectivity index (χ1n) is 9.72. The summed E-state index contributed by atoms with van der Waals surface area (Å²) in [5.41, 5.74) is 4.77. The number of benzene rings is 3. The molecule has 0 atom stereocenters. The summed E-state index contributed by atoms with van der Waals surface area (Å²) < 4.78 is 1.81. The van der Waals surface area contributed by atoms with Crippen molar-refractivity contribution in [2.24, 2.45) is 0 Å². The predicted octanol–water partition coefficient (Wildman–Crippen LogP) is 4.38. The standard InChI is InChI=1S/C25H20N4O/c26-18-20-6-1-2-7-22(20)23-8-3-4-9-24(23)25(30)27-16-14-19-10-12-21(13-11-19)29-17-5-15-28-29/h1-13,15,17H,14,16H2,(H,27,30). The molecule has 4 aromatic rings. The lowest BCUT2D eigenvalue weighted by Gasteiger charge is -2.12. The highest BCUT2D eigenvalue weighted by Crippen LogP contribution is 2.26. The molecule has 30 heavy (non-hydrogen) atoms. The first-order chi connectivity index (χ1) is 14.8. The average Bonchev–Trinajstić information content (AvgIpc) is 3.34. The van der Waals surface area contributed by atoms with E-state index in [0.717, 1.165) is 28.8 Å². The Balaban J connectivity index is 1.43. The van der Waals surface area contributed by atoms with Crippen LogP contribution in [-0.2, 0) is 6.42 Å². The number of hydrogen-bond acceptors (Lipinski definition) is 3. The average molecular weight is 392 g/mol. The van der Waals surface area contributed by atoms with Gasteiger partial charge in [0.25, 0.3) is 5.91 Å². The highest BCUT2D eigenvalue weighted by molar-refractivity contribution is 6.01. The van der Waals surface area contributed by atoms with Crippen LogP contribution in [0.25, 0.3) is 16.8 Å². The van der Waals surface area contributed by atoms with E-state index in [9.17, 15) is 10.1 Å². The van der Waals surface area contributed by atoms with Gasteiger partial charge >= 0.3 is 0 Å². The summed E-state index contributed by atoms with van der Waals surface area (Å²) in [5, 5.41) is 16.6. The maximum absolute atomic E-state index is 12.8. The molecule has 0 spiro atoms. The number of amides is 1.